The van der Waals surface area contributed by atoms with Crippen molar-refractivity contribution in [3.63, 3.8) is 0 Å². The van der Waals surface area contributed by atoms with E-state index in [4.69, 9.17) is 4.74 Å². The molecule has 0 atom stereocenters. The van der Waals surface area contributed by atoms with E-state index >= 15 is 0 Å². The van der Waals surface area contributed by atoms with Crippen LogP contribution in [-0.4, -0.2) is 42.4 Å². The maximum absolute atomic E-state index is 13.3. The zero-order valence-electron chi connectivity index (χ0n) is 17.6. The van der Waals surface area contributed by atoms with Crippen LogP contribution in [0, 0.1) is 23.2 Å². The molecule has 0 aromatic heterocycles. The number of ketones is 1. The first-order chi connectivity index (χ1) is 14.1. The van der Waals surface area contributed by atoms with Crippen LogP contribution >= 0.6 is 11.8 Å². The molecule has 1 heterocycles. The van der Waals surface area contributed by atoms with Crippen molar-refractivity contribution in [2.24, 2.45) is 23.2 Å². The molecule has 1 aliphatic heterocycles. The zero-order chi connectivity index (χ0) is 19.8. The summed E-state index contributed by atoms with van der Waals surface area (Å²) in [6, 6.07) is 6.35. The van der Waals surface area contributed by atoms with Crippen LogP contribution in [0.3, 0.4) is 0 Å². The molecule has 4 aliphatic carbocycles. The minimum absolute atomic E-state index is 0.0357. The zero-order valence-corrected chi connectivity index (χ0v) is 18.4. The fraction of sp³-hybridized carbons (Fsp3) is 0.640. The average Bonchev–Trinajstić information content (AvgIpc) is 2.72. The van der Waals surface area contributed by atoms with Crippen LogP contribution in [0.4, 0.5) is 0 Å². The summed E-state index contributed by atoms with van der Waals surface area (Å²) in [5.41, 5.74) is 2.31. The molecule has 0 unspecified atom stereocenters. The summed E-state index contributed by atoms with van der Waals surface area (Å²) in [6.45, 7) is 3.20. The molecule has 156 valence electrons. The summed E-state index contributed by atoms with van der Waals surface area (Å²) < 4.78 is 5.61. The summed E-state index contributed by atoms with van der Waals surface area (Å²) in [4.78, 5) is 15.8. The predicted molar refractivity (Wildman–Crippen MR) is 120 cm³/mol. The number of rotatable bonds is 6. The number of allylic oxidation sites excluding steroid dienone is 1. The Morgan fingerprint density at radius 2 is 1.79 bits per heavy atom. The molecule has 0 spiro atoms. The van der Waals surface area contributed by atoms with Gasteiger partial charge < -0.3 is 4.74 Å². The van der Waals surface area contributed by atoms with Gasteiger partial charge in [-0.15, -0.1) is 0 Å². The number of methoxy groups -OCH3 is 1. The Kier molecular flexibility index (Phi) is 5.51. The van der Waals surface area contributed by atoms with Crippen molar-refractivity contribution >= 4 is 23.6 Å². The number of hydrogen-bond acceptors (Lipinski definition) is 4. The number of ether oxygens (including phenoxy) is 1. The molecule has 0 N–H and O–H groups in total. The van der Waals surface area contributed by atoms with Gasteiger partial charge in [-0.2, -0.15) is 11.8 Å². The normalized spacial score (nSPS) is 34.0. The van der Waals surface area contributed by atoms with Crippen molar-refractivity contribution in [2.75, 3.05) is 31.7 Å². The second kappa shape index (κ2) is 8.11. The minimum Gasteiger partial charge on any atom is -0.496 e. The first-order valence-electron chi connectivity index (χ1n) is 11.3. The van der Waals surface area contributed by atoms with Crippen molar-refractivity contribution < 1.29 is 9.53 Å². The molecule has 4 saturated carbocycles. The van der Waals surface area contributed by atoms with Crippen LogP contribution in [0.2, 0.25) is 0 Å². The molecule has 0 amide bonds. The summed E-state index contributed by atoms with van der Waals surface area (Å²) in [7, 11) is 1.75. The summed E-state index contributed by atoms with van der Waals surface area (Å²) in [5, 5.41) is 0. The summed E-state index contributed by atoms with van der Waals surface area (Å²) in [5.74, 6) is 6.20. The molecule has 5 aliphatic rings. The van der Waals surface area contributed by atoms with Gasteiger partial charge >= 0.3 is 0 Å². The quantitative estimate of drug-likeness (QED) is 0.613. The second-order valence-electron chi connectivity index (χ2n) is 9.86. The standard InChI is InChI=1S/C25H33NO2S/c1-28-23-4-2-18(13-22(23)17-26-6-8-29-9-7-26)3-5-24(27)25-14-19-10-20(15-25)12-21(11-19)16-25/h2-5,13,19-21H,6-12,14-17H2,1H3/b5-3+. The van der Waals surface area contributed by atoms with Crippen LogP contribution in [0.5, 0.6) is 5.75 Å². The van der Waals surface area contributed by atoms with Gasteiger partial charge in [-0.05, 0) is 80.1 Å². The van der Waals surface area contributed by atoms with E-state index in [9.17, 15) is 4.79 Å². The molecule has 1 aromatic rings. The lowest BCUT2D eigenvalue weighted by molar-refractivity contribution is -0.138. The van der Waals surface area contributed by atoms with Gasteiger partial charge in [0.2, 0.25) is 0 Å². The van der Waals surface area contributed by atoms with Crippen molar-refractivity contribution in [3.8, 4) is 5.75 Å². The third-order valence-electron chi connectivity index (χ3n) is 7.79. The van der Waals surface area contributed by atoms with Crippen molar-refractivity contribution in [1.29, 1.82) is 0 Å². The molecule has 3 nitrogen and oxygen atoms in total. The van der Waals surface area contributed by atoms with Crippen LogP contribution in [0.15, 0.2) is 24.3 Å². The number of carbonyl (C=O) groups excluding carboxylic acids is 1. The molecule has 5 fully saturated rings. The average molecular weight is 412 g/mol. The van der Waals surface area contributed by atoms with Gasteiger partial charge in [0.1, 0.15) is 5.75 Å². The highest BCUT2D eigenvalue weighted by Crippen LogP contribution is 2.60. The Bertz CT molecular complexity index is 761. The van der Waals surface area contributed by atoms with Gasteiger partial charge in [-0.25, -0.2) is 0 Å². The van der Waals surface area contributed by atoms with E-state index < -0.39 is 0 Å². The van der Waals surface area contributed by atoms with E-state index in [1.54, 1.807) is 7.11 Å². The van der Waals surface area contributed by atoms with Gasteiger partial charge in [-0.3, -0.25) is 9.69 Å². The number of nitrogens with zero attached hydrogens (tertiary/aromatic N) is 1. The first-order valence-corrected chi connectivity index (χ1v) is 12.5. The first kappa shape index (κ1) is 19.7. The number of thioether (sulfide) groups is 1. The predicted octanol–water partition coefficient (Wildman–Crippen LogP) is 5.04. The Hall–Kier alpha value is -1.26. The van der Waals surface area contributed by atoms with E-state index in [0.717, 1.165) is 68.0 Å². The van der Waals surface area contributed by atoms with Crippen LogP contribution in [0.25, 0.3) is 6.08 Å². The molecular weight excluding hydrogens is 378 g/mol. The molecule has 6 rings (SSSR count). The lowest BCUT2D eigenvalue weighted by Gasteiger charge is -2.55. The van der Waals surface area contributed by atoms with Crippen LogP contribution in [0.1, 0.15) is 49.7 Å². The highest BCUT2D eigenvalue weighted by Gasteiger charge is 2.53. The molecule has 0 radical (unpaired) electrons. The fourth-order valence-electron chi connectivity index (χ4n) is 6.79. The molecule has 1 aromatic carbocycles. The monoisotopic (exact) mass is 411 g/mol. The SMILES string of the molecule is COc1ccc(/C=C/C(=O)C23CC4CC(CC(C4)C2)C3)cc1CN1CCSCC1. The third kappa shape index (κ3) is 4.03. The van der Waals surface area contributed by atoms with Gasteiger partial charge in [-0.1, -0.05) is 12.1 Å². The maximum Gasteiger partial charge on any atom is 0.161 e. The molecule has 1 saturated heterocycles. The maximum atomic E-state index is 13.3. The fourth-order valence-corrected chi connectivity index (χ4v) is 7.77. The summed E-state index contributed by atoms with van der Waals surface area (Å²) >= 11 is 2.04. The van der Waals surface area contributed by atoms with E-state index in [2.05, 4.69) is 29.2 Å². The van der Waals surface area contributed by atoms with Crippen LogP contribution < -0.4 is 4.74 Å². The number of carbonyl (C=O) groups is 1. The Labute approximate surface area is 179 Å². The van der Waals surface area contributed by atoms with Crippen molar-refractivity contribution in [2.45, 2.75) is 45.1 Å². The van der Waals surface area contributed by atoms with Crippen molar-refractivity contribution in [1.82, 2.24) is 4.90 Å². The highest BCUT2D eigenvalue weighted by atomic mass is 32.2. The van der Waals surface area contributed by atoms with E-state index in [1.165, 1.54) is 36.3 Å². The van der Waals surface area contributed by atoms with Gasteiger partial charge in [0.25, 0.3) is 0 Å². The molecule has 29 heavy (non-hydrogen) atoms. The Morgan fingerprint density at radius 1 is 1.14 bits per heavy atom. The van der Waals surface area contributed by atoms with Crippen molar-refractivity contribution in [3.05, 3.63) is 35.4 Å². The molecular formula is C25H33NO2S. The Morgan fingerprint density at radius 3 is 2.41 bits per heavy atom. The number of benzene rings is 1. The highest BCUT2D eigenvalue weighted by molar-refractivity contribution is 7.99. The van der Waals surface area contributed by atoms with E-state index in [-0.39, 0.29) is 5.41 Å². The van der Waals surface area contributed by atoms with E-state index in [0.29, 0.717) is 5.78 Å². The van der Waals surface area contributed by atoms with Gasteiger partial charge in [0, 0.05) is 42.1 Å². The van der Waals surface area contributed by atoms with Crippen LogP contribution in [-0.2, 0) is 11.3 Å². The second-order valence-corrected chi connectivity index (χ2v) is 11.1. The number of hydrogen-bond donors (Lipinski definition) is 0. The molecule has 4 heteroatoms. The third-order valence-corrected chi connectivity index (χ3v) is 8.73. The topological polar surface area (TPSA) is 29.5 Å². The van der Waals surface area contributed by atoms with E-state index in [1.807, 2.05) is 17.8 Å². The Balaban J connectivity index is 1.31. The molecule has 4 bridgehead atoms. The lowest BCUT2D eigenvalue weighted by atomic mass is 9.48. The van der Waals surface area contributed by atoms with Gasteiger partial charge in [0.15, 0.2) is 5.78 Å². The largest absolute Gasteiger partial charge is 0.496 e. The minimum atomic E-state index is -0.0357. The van der Waals surface area contributed by atoms with Gasteiger partial charge in [0.05, 0.1) is 7.11 Å². The smallest absolute Gasteiger partial charge is 0.161 e. The summed E-state index contributed by atoms with van der Waals surface area (Å²) in [6.07, 6.45) is 11.5. The lowest BCUT2D eigenvalue weighted by Crippen LogP contribution is -2.49.